The summed E-state index contributed by atoms with van der Waals surface area (Å²) in [5.74, 6) is 1.23. The van der Waals surface area contributed by atoms with Gasteiger partial charge in [-0.05, 0) is 37.0 Å². The fourth-order valence-electron chi connectivity index (χ4n) is 2.65. The fraction of sp³-hybridized carbons (Fsp3) is 0.688. The second-order valence-corrected chi connectivity index (χ2v) is 8.61. The highest BCUT2D eigenvalue weighted by molar-refractivity contribution is 7.90. The Balaban J connectivity index is 1.97. The molecule has 130 valence electrons. The molecule has 1 aliphatic rings. The Morgan fingerprint density at radius 2 is 2.00 bits per heavy atom. The lowest BCUT2D eigenvalue weighted by molar-refractivity contribution is 0.122. The van der Waals surface area contributed by atoms with E-state index in [1.165, 1.54) is 0 Å². The summed E-state index contributed by atoms with van der Waals surface area (Å²) < 4.78 is 32.6. The van der Waals surface area contributed by atoms with E-state index in [4.69, 9.17) is 4.74 Å². The Labute approximate surface area is 139 Å². The van der Waals surface area contributed by atoms with Gasteiger partial charge in [0.1, 0.15) is 5.82 Å². The second kappa shape index (κ2) is 8.08. The van der Waals surface area contributed by atoms with Crippen LogP contribution in [0.2, 0.25) is 0 Å². The van der Waals surface area contributed by atoms with Gasteiger partial charge in [-0.15, -0.1) is 0 Å². The number of morpholine rings is 1. The molecule has 1 aromatic heterocycles. The first-order chi connectivity index (χ1) is 10.9. The van der Waals surface area contributed by atoms with Crippen LogP contribution in [0.25, 0.3) is 0 Å². The first-order valence-corrected chi connectivity index (χ1v) is 9.69. The van der Waals surface area contributed by atoms with Gasteiger partial charge in [-0.1, -0.05) is 13.8 Å². The smallest absolute Gasteiger partial charge is 0.214 e. The molecule has 0 spiro atoms. The van der Waals surface area contributed by atoms with Crippen LogP contribution in [0.3, 0.4) is 0 Å². The molecule has 2 rings (SSSR count). The molecule has 0 bridgehead atoms. The highest BCUT2D eigenvalue weighted by atomic mass is 32.2. The number of aromatic nitrogens is 1. The van der Waals surface area contributed by atoms with Crippen molar-refractivity contribution in [2.24, 2.45) is 5.92 Å². The Morgan fingerprint density at radius 3 is 2.65 bits per heavy atom. The maximum absolute atomic E-state index is 12.3. The monoisotopic (exact) mass is 341 g/mol. The molecular formula is C16H27N3O3S. The molecule has 1 unspecified atom stereocenters. The predicted octanol–water partition coefficient (Wildman–Crippen LogP) is 1.77. The molecule has 2 heterocycles. The highest BCUT2D eigenvalue weighted by Gasteiger charge is 2.21. The summed E-state index contributed by atoms with van der Waals surface area (Å²) in [6, 6.07) is 3.79. The van der Waals surface area contributed by atoms with E-state index >= 15 is 0 Å². The van der Waals surface area contributed by atoms with Crippen molar-refractivity contribution in [1.82, 2.24) is 9.71 Å². The second-order valence-electron chi connectivity index (χ2n) is 6.43. The van der Waals surface area contributed by atoms with E-state index in [1.54, 1.807) is 13.1 Å². The quantitative estimate of drug-likeness (QED) is 0.818. The molecule has 1 fully saturated rings. The number of pyridine rings is 1. The highest BCUT2D eigenvalue weighted by Crippen LogP contribution is 2.16. The van der Waals surface area contributed by atoms with E-state index in [1.807, 2.05) is 26.0 Å². The third-order valence-corrected chi connectivity index (χ3v) is 5.75. The van der Waals surface area contributed by atoms with Crippen LogP contribution in [0.1, 0.15) is 32.8 Å². The lowest BCUT2D eigenvalue weighted by Crippen LogP contribution is -2.37. The van der Waals surface area contributed by atoms with Crippen LogP contribution in [0.15, 0.2) is 18.3 Å². The van der Waals surface area contributed by atoms with Crippen LogP contribution in [-0.2, 0) is 21.3 Å². The minimum atomic E-state index is -3.30. The summed E-state index contributed by atoms with van der Waals surface area (Å²) in [4.78, 5) is 6.53. The number of anilines is 1. The van der Waals surface area contributed by atoms with E-state index < -0.39 is 10.0 Å². The molecule has 6 nitrogen and oxygen atoms in total. The standard InChI is InChI=1S/C16H27N3O3S/c1-13(2)10-14(3)23(20,21)18-12-15-4-5-17-16(11-15)19-6-8-22-9-7-19/h4-5,11,13-14,18H,6-10,12H2,1-3H3. The molecule has 0 aliphatic carbocycles. The van der Waals surface area contributed by atoms with Gasteiger partial charge in [0.2, 0.25) is 10.0 Å². The Morgan fingerprint density at radius 1 is 1.30 bits per heavy atom. The van der Waals surface area contributed by atoms with Crippen molar-refractivity contribution in [2.45, 2.75) is 39.0 Å². The molecule has 0 saturated carbocycles. The van der Waals surface area contributed by atoms with Crippen LogP contribution < -0.4 is 9.62 Å². The van der Waals surface area contributed by atoms with Crippen molar-refractivity contribution >= 4 is 15.8 Å². The van der Waals surface area contributed by atoms with Crippen LogP contribution >= 0.6 is 0 Å². The number of ether oxygens (including phenoxy) is 1. The van der Waals surface area contributed by atoms with Gasteiger partial charge >= 0.3 is 0 Å². The van der Waals surface area contributed by atoms with Crippen LogP contribution in [0.5, 0.6) is 0 Å². The SMILES string of the molecule is CC(C)CC(C)S(=O)(=O)NCc1ccnc(N2CCOCC2)c1. The molecule has 1 saturated heterocycles. The van der Waals surface area contributed by atoms with Gasteiger partial charge in [-0.25, -0.2) is 18.1 Å². The molecule has 23 heavy (non-hydrogen) atoms. The van der Waals surface area contributed by atoms with Crippen molar-refractivity contribution < 1.29 is 13.2 Å². The molecule has 1 aliphatic heterocycles. The van der Waals surface area contributed by atoms with Gasteiger partial charge < -0.3 is 9.64 Å². The molecule has 1 atom stereocenters. The summed E-state index contributed by atoms with van der Waals surface area (Å²) >= 11 is 0. The van der Waals surface area contributed by atoms with Gasteiger partial charge in [0, 0.05) is 25.8 Å². The lowest BCUT2D eigenvalue weighted by atomic mass is 10.1. The number of sulfonamides is 1. The zero-order valence-corrected chi connectivity index (χ0v) is 15.0. The Hall–Kier alpha value is -1.18. The number of rotatable bonds is 7. The summed E-state index contributed by atoms with van der Waals surface area (Å²) in [6.07, 6.45) is 2.39. The Bertz CT molecular complexity index is 598. The summed E-state index contributed by atoms with van der Waals surface area (Å²) in [7, 11) is -3.30. The minimum Gasteiger partial charge on any atom is -0.378 e. The zero-order chi connectivity index (χ0) is 16.9. The number of hydrogen-bond donors (Lipinski definition) is 1. The molecule has 1 N–H and O–H groups in total. The fourth-order valence-corrected chi connectivity index (χ4v) is 3.94. The summed E-state index contributed by atoms with van der Waals surface area (Å²) in [5, 5.41) is -0.386. The van der Waals surface area contributed by atoms with Crippen LogP contribution in [0.4, 0.5) is 5.82 Å². The largest absolute Gasteiger partial charge is 0.378 e. The average molecular weight is 341 g/mol. The third kappa shape index (κ3) is 5.44. The predicted molar refractivity (Wildman–Crippen MR) is 91.9 cm³/mol. The lowest BCUT2D eigenvalue weighted by Gasteiger charge is -2.28. The molecule has 0 radical (unpaired) electrons. The van der Waals surface area contributed by atoms with E-state index in [-0.39, 0.29) is 5.25 Å². The topological polar surface area (TPSA) is 71.5 Å². The third-order valence-electron chi connectivity index (χ3n) is 3.96. The maximum Gasteiger partial charge on any atom is 0.214 e. The van der Waals surface area contributed by atoms with Gasteiger partial charge in [0.15, 0.2) is 0 Å². The van der Waals surface area contributed by atoms with Gasteiger partial charge in [0.05, 0.1) is 18.5 Å². The van der Waals surface area contributed by atoms with Gasteiger partial charge in [-0.2, -0.15) is 0 Å². The van der Waals surface area contributed by atoms with E-state index in [0.29, 0.717) is 32.1 Å². The summed E-state index contributed by atoms with van der Waals surface area (Å²) in [6.45, 7) is 9.14. The van der Waals surface area contributed by atoms with Gasteiger partial charge in [-0.3, -0.25) is 0 Å². The van der Waals surface area contributed by atoms with Crippen molar-refractivity contribution in [3.63, 3.8) is 0 Å². The summed E-state index contributed by atoms with van der Waals surface area (Å²) in [5.41, 5.74) is 0.918. The molecular weight excluding hydrogens is 314 g/mol. The average Bonchev–Trinajstić information content (AvgIpc) is 2.53. The molecule has 7 heteroatoms. The number of hydrogen-bond acceptors (Lipinski definition) is 5. The van der Waals surface area contributed by atoms with Crippen LogP contribution in [0, 0.1) is 5.92 Å². The first-order valence-electron chi connectivity index (χ1n) is 8.14. The van der Waals surface area contributed by atoms with Crippen molar-refractivity contribution in [2.75, 3.05) is 31.2 Å². The van der Waals surface area contributed by atoms with E-state index in [0.717, 1.165) is 24.5 Å². The maximum atomic E-state index is 12.3. The van der Waals surface area contributed by atoms with Crippen molar-refractivity contribution in [3.05, 3.63) is 23.9 Å². The van der Waals surface area contributed by atoms with Crippen molar-refractivity contribution in [3.8, 4) is 0 Å². The molecule has 0 aromatic carbocycles. The first kappa shape index (κ1) is 18.2. The zero-order valence-electron chi connectivity index (χ0n) is 14.2. The van der Waals surface area contributed by atoms with E-state index in [2.05, 4.69) is 14.6 Å². The van der Waals surface area contributed by atoms with Gasteiger partial charge in [0.25, 0.3) is 0 Å². The number of nitrogens with one attached hydrogen (secondary N) is 1. The Kier molecular flexibility index (Phi) is 6.38. The number of nitrogens with zero attached hydrogens (tertiary/aromatic N) is 2. The van der Waals surface area contributed by atoms with Crippen molar-refractivity contribution in [1.29, 1.82) is 0 Å². The minimum absolute atomic E-state index is 0.296. The normalized spacial score (nSPS) is 17.5. The van der Waals surface area contributed by atoms with E-state index in [9.17, 15) is 8.42 Å². The van der Waals surface area contributed by atoms with Crippen LogP contribution in [-0.4, -0.2) is 45.0 Å². The molecule has 1 aromatic rings. The molecule has 0 amide bonds.